The molecule has 0 aliphatic heterocycles. The number of aromatic nitrogens is 2. The van der Waals surface area contributed by atoms with E-state index in [1.165, 1.54) is 5.56 Å². The lowest BCUT2D eigenvalue weighted by Gasteiger charge is -2.10. The minimum absolute atomic E-state index is 0.304. The van der Waals surface area contributed by atoms with Crippen LogP contribution in [-0.4, -0.2) is 16.7 Å². The fourth-order valence-electron chi connectivity index (χ4n) is 1.74. The molecule has 0 atom stereocenters. The third kappa shape index (κ3) is 3.07. The molecule has 1 heterocycles. The number of aryl methyl sites for hydroxylation is 2. The van der Waals surface area contributed by atoms with Gasteiger partial charge in [0, 0.05) is 6.92 Å². The van der Waals surface area contributed by atoms with Crippen LogP contribution < -0.4 is 10.5 Å². The molecule has 2 rings (SSSR count). The van der Waals surface area contributed by atoms with Crippen LogP contribution in [0.5, 0.6) is 5.75 Å². The molecule has 0 radical (unpaired) electrons. The average Bonchev–Trinajstić information content (AvgIpc) is 2.75. The summed E-state index contributed by atoms with van der Waals surface area (Å²) in [7, 11) is 0. The fourth-order valence-corrected chi connectivity index (χ4v) is 1.74. The van der Waals surface area contributed by atoms with E-state index in [2.05, 4.69) is 16.2 Å². The van der Waals surface area contributed by atoms with Gasteiger partial charge in [-0.25, -0.2) is 0 Å². The number of nitrogens with zero attached hydrogens (tertiary/aromatic N) is 2. The highest BCUT2D eigenvalue weighted by molar-refractivity contribution is 5.37. The summed E-state index contributed by atoms with van der Waals surface area (Å²) >= 11 is 0. The van der Waals surface area contributed by atoms with Crippen LogP contribution in [0.25, 0.3) is 0 Å². The second kappa shape index (κ2) is 5.64. The zero-order chi connectivity index (χ0) is 13.0. The molecular formula is C13H17N3O2. The first-order chi connectivity index (χ1) is 8.69. The number of nitrogens with two attached hydrogens (primary N) is 1. The largest absolute Gasteiger partial charge is 0.485 e. The summed E-state index contributed by atoms with van der Waals surface area (Å²) in [5, 5.41) is 3.79. The van der Waals surface area contributed by atoms with Crippen LogP contribution >= 0.6 is 0 Å². The van der Waals surface area contributed by atoms with Gasteiger partial charge in [-0.1, -0.05) is 22.9 Å². The van der Waals surface area contributed by atoms with Crippen molar-refractivity contribution in [3.63, 3.8) is 0 Å². The van der Waals surface area contributed by atoms with Gasteiger partial charge in [0.25, 0.3) is 0 Å². The Morgan fingerprint density at radius 1 is 1.33 bits per heavy atom. The number of hydrogen-bond donors (Lipinski definition) is 1. The Balaban J connectivity index is 2.08. The summed E-state index contributed by atoms with van der Waals surface area (Å²) < 4.78 is 10.6. The van der Waals surface area contributed by atoms with E-state index >= 15 is 0 Å². The van der Waals surface area contributed by atoms with Crippen LogP contribution in [-0.2, 0) is 13.0 Å². The number of rotatable bonds is 5. The Morgan fingerprint density at radius 2 is 2.17 bits per heavy atom. The second-order valence-electron chi connectivity index (χ2n) is 4.17. The maximum Gasteiger partial charge on any atom is 0.223 e. The number of hydrogen-bond acceptors (Lipinski definition) is 5. The van der Waals surface area contributed by atoms with Crippen molar-refractivity contribution < 1.29 is 9.26 Å². The molecule has 5 heteroatoms. The lowest BCUT2D eigenvalue weighted by atomic mass is 10.1. The summed E-state index contributed by atoms with van der Waals surface area (Å²) in [5.41, 5.74) is 7.90. The van der Waals surface area contributed by atoms with Crippen molar-refractivity contribution >= 4 is 0 Å². The van der Waals surface area contributed by atoms with Crippen molar-refractivity contribution in [2.45, 2.75) is 26.9 Å². The van der Waals surface area contributed by atoms with Crippen LogP contribution in [0.1, 0.15) is 22.8 Å². The SMILES string of the molecule is Cc1ccc(OCc2noc(C)n2)c(CCN)c1. The van der Waals surface area contributed by atoms with E-state index in [4.69, 9.17) is 15.0 Å². The molecule has 0 aliphatic rings. The molecule has 0 spiro atoms. The first-order valence-electron chi connectivity index (χ1n) is 5.90. The fraction of sp³-hybridized carbons (Fsp3) is 0.385. The lowest BCUT2D eigenvalue weighted by molar-refractivity contribution is 0.283. The van der Waals surface area contributed by atoms with Gasteiger partial charge >= 0.3 is 0 Å². The van der Waals surface area contributed by atoms with Gasteiger partial charge in [-0.05, 0) is 31.5 Å². The molecule has 0 fully saturated rings. The van der Waals surface area contributed by atoms with Crippen LogP contribution in [0.2, 0.25) is 0 Å². The number of ether oxygens (including phenoxy) is 1. The zero-order valence-corrected chi connectivity index (χ0v) is 10.6. The molecular weight excluding hydrogens is 230 g/mol. The highest BCUT2D eigenvalue weighted by Gasteiger charge is 2.07. The molecule has 0 saturated heterocycles. The van der Waals surface area contributed by atoms with E-state index in [9.17, 15) is 0 Å². The van der Waals surface area contributed by atoms with Gasteiger partial charge in [-0.3, -0.25) is 0 Å². The highest BCUT2D eigenvalue weighted by atomic mass is 16.5. The Labute approximate surface area is 106 Å². The van der Waals surface area contributed by atoms with Crippen LogP contribution in [0.15, 0.2) is 22.7 Å². The maximum absolute atomic E-state index is 5.70. The molecule has 2 aromatic rings. The molecule has 0 aliphatic carbocycles. The van der Waals surface area contributed by atoms with Crippen molar-refractivity contribution in [2.75, 3.05) is 6.54 Å². The van der Waals surface area contributed by atoms with Crippen molar-refractivity contribution in [1.82, 2.24) is 10.1 Å². The quantitative estimate of drug-likeness (QED) is 0.871. The van der Waals surface area contributed by atoms with Crippen molar-refractivity contribution in [1.29, 1.82) is 0 Å². The summed E-state index contributed by atoms with van der Waals surface area (Å²) in [4.78, 5) is 4.09. The molecule has 5 nitrogen and oxygen atoms in total. The van der Waals surface area contributed by atoms with Gasteiger partial charge < -0.3 is 15.0 Å². The lowest BCUT2D eigenvalue weighted by Crippen LogP contribution is -2.06. The topological polar surface area (TPSA) is 74.2 Å². The predicted molar refractivity (Wildman–Crippen MR) is 67.3 cm³/mol. The first kappa shape index (κ1) is 12.6. The molecule has 0 saturated carbocycles. The van der Waals surface area contributed by atoms with E-state index in [1.807, 2.05) is 19.1 Å². The van der Waals surface area contributed by atoms with Crippen LogP contribution in [0.4, 0.5) is 0 Å². The van der Waals surface area contributed by atoms with Crippen LogP contribution in [0, 0.1) is 13.8 Å². The van der Waals surface area contributed by atoms with E-state index in [-0.39, 0.29) is 0 Å². The predicted octanol–water partition coefficient (Wildman–Crippen LogP) is 1.77. The molecule has 2 N–H and O–H groups in total. The molecule has 18 heavy (non-hydrogen) atoms. The van der Waals surface area contributed by atoms with Gasteiger partial charge in [-0.15, -0.1) is 0 Å². The number of benzene rings is 1. The monoisotopic (exact) mass is 247 g/mol. The van der Waals surface area contributed by atoms with Gasteiger partial charge in [0.2, 0.25) is 11.7 Å². The molecule has 0 amide bonds. The Kier molecular flexibility index (Phi) is 3.94. The Hall–Kier alpha value is -1.88. The highest BCUT2D eigenvalue weighted by Crippen LogP contribution is 2.21. The summed E-state index contributed by atoms with van der Waals surface area (Å²) in [5.74, 6) is 1.92. The maximum atomic E-state index is 5.70. The van der Waals surface area contributed by atoms with E-state index in [0.29, 0.717) is 24.9 Å². The second-order valence-corrected chi connectivity index (χ2v) is 4.17. The standard InChI is InChI=1S/C13H17N3O2/c1-9-3-4-12(11(7-9)5-6-14)17-8-13-15-10(2)18-16-13/h3-4,7H,5-6,8,14H2,1-2H3. The molecule has 1 aromatic carbocycles. The third-order valence-corrected chi connectivity index (χ3v) is 2.56. The smallest absolute Gasteiger partial charge is 0.223 e. The van der Waals surface area contributed by atoms with Gasteiger partial charge in [0.15, 0.2) is 6.61 Å². The minimum Gasteiger partial charge on any atom is -0.485 e. The summed E-state index contributed by atoms with van der Waals surface area (Å²) in [6.07, 6.45) is 0.794. The van der Waals surface area contributed by atoms with Crippen molar-refractivity contribution in [2.24, 2.45) is 5.73 Å². The average molecular weight is 247 g/mol. The van der Waals surface area contributed by atoms with Crippen molar-refractivity contribution in [3.05, 3.63) is 41.0 Å². The van der Waals surface area contributed by atoms with E-state index in [1.54, 1.807) is 6.92 Å². The molecule has 0 bridgehead atoms. The third-order valence-electron chi connectivity index (χ3n) is 2.56. The zero-order valence-electron chi connectivity index (χ0n) is 10.6. The normalized spacial score (nSPS) is 10.6. The van der Waals surface area contributed by atoms with E-state index in [0.717, 1.165) is 17.7 Å². The van der Waals surface area contributed by atoms with E-state index < -0.39 is 0 Å². The van der Waals surface area contributed by atoms with Gasteiger partial charge in [-0.2, -0.15) is 4.98 Å². The molecule has 1 aromatic heterocycles. The summed E-state index contributed by atoms with van der Waals surface area (Å²) in [6, 6.07) is 6.05. The van der Waals surface area contributed by atoms with Crippen molar-refractivity contribution in [3.8, 4) is 5.75 Å². The molecule has 0 unspecified atom stereocenters. The van der Waals surface area contributed by atoms with Gasteiger partial charge in [0.1, 0.15) is 5.75 Å². The van der Waals surface area contributed by atoms with Crippen LogP contribution in [0.3, 0.4) is 0 Å². The van der Waals surface area contributed by atoms with Gasteiger partial charge in [0.05, 0.1) is 0 Å². The molecule has 96 valence electrons. The first-order valence-corrected chi connectivity index (χ1v) is 5.90. The summed E-state index contributed by atoms with van der Waals surface area (Å²) in [6.45, 7) is 4.70. The minimum atomic E-state index is 0.304. The Bertz CT molecular complexity index is 523. The Morgan fingerprint density at radius 3 is 2.83 bits per heavy atom.